The molecule has 2 aromatic heterocycles. The van der Waals surface area contributed by atoms with E-state index in [9.17, 15) is 10.1 Å². The number of hydrogen-bond acceptors (Lipinski definition) is 6. The molecule has 0 aliphatic rings. The molecular formula is C24H22ClN4O4+. The maximum atomic E-state index is 11.7. The predicted molar refractivity (Wildman–Crippen MR) is 126 cm³/mol. The third kappa shape index (κ3) is 5.30. The first-order chi connectivity index (χ1) is 16.0. The van der Waals surface area contributed by atoms with Gasteiger partial charge in [0.1, 0.15) is 11.9 Å². The molecule has 2 aromatic carbocycles. The number of nitro groups is 1. The number of halogens is 1. The van der Waals surface area contributed by atoms with Gasteiger partial charge in [-0.1, -0.05) is 17.7 Å². The summed E-state index contributed by atoms with van der Waals surface area (Å²) in [5.74, 6) is 0.998. The number of fused-ring (bicyclic) bond motifs is 1. The van der Waals surface area contributed by atoms with Crippen molar-refractivity contribution in [2.45, 2.75) is 13.0 Å². The minimum Gasteiger partial charge on any atom is -0.493 e. The Kier molecular flexibility index (Phi) is 6.85. The van der Waals surface area contributed by atoms with Gasteiger partial charge in [-0.25, -0.2) is 9.55 Å². The quantitative estimate of drug-likeness (QED) is 0.156. The van der Waals surface area contributed by atoms with Gasteiger partial charge in [-0.3, -0.25) is 10.1 Å². The number of ether oxygens (including phenoxy) is 2. The number of benzene rings is 2. The van der Waals surface area contributed by atoms with Crippen molar-refractivity contribution in [1.82, 2.24) is 4.98 Å². The zero-order valence-corrected chi connectivity index (χ0v) is 18.7. The first kappa shape index (κ1) is 22.3. The van der Waals surface area contributed by atoms with Crippen LogP contribution in [0.4, 0.5) is 17.1 Å². The lowest BCUT2D eigenvalue weighted by molar-refractivity contribution is -0.697. The Balaban J connectivity index is 1.62. The van der Waals surface area contributed by atoms with Crippen LogP contribution in [0.3, 0.4) is 0 Å². The van der Waals surface area contributed by atoms with Crippen LogP contribution in [0.25, 0.3) is 10.9 Å². The molecule has 0 saturated heterocycles. The fraction of sp³-hybridized carbons (Fsp3) is 0.167. The smallest absolute Gasteiger partial charge is 0.311 e. The summed E-state index contributed by atoms with van der Waals surface area (Å²) in [6, 6.07) is 16.3. The number of anilines is 2. The molecule has 4 rings (SSSR count). The van der Waals surface area contributed by atoms with Crippen LogP contribution in [0.2, 0.25) is 5.02 Å². The highest BCUT2D eigenvalue weighted by Crippen LogP contribution is 2.39. The van der Waals surface area contributed by atoms with Crippen molar-refractivity contribution in [1.29, 1.82) is 0 Å². The molecule has 0 bridgehead atoms. The van der Waals surface area contributed by atoms with Crippen molar-refractivity contribution in [3.05, 3.63) is 88.3 Å². The Hall–Kier alpha value is -3.91. The van der Waals surface area contributed by atoms with Crippen LogP contribution in [0.15, 0.2) is 73.2 Å². The number of methoxy groups -OCH3 is 1. The predicted octanol–water partition coefficient (Wildman–Crippen LogP) is 5.31. The first-order valence-corrected chi connectivity index (χ1v) is 10.7. The fourth-order valence-corrected chi connectivity index (χ4v) is 3.55. The summed E-state index contributed by atoms with van der Waals surface area (Å²) in [4.78, 5) is 15.5. The zero-order valence-electron chi connectivity index (χ0n) is 17.9. The molecule has 0 fully saturated rings. The summed E-state index contributed by atoms with van der Waals surface area (Å²) in [7, 11) is 1.53. The Bertz CT molecular complexity index is 1270. The minimum absolute atomic E-state index is 0.145. The molecule has 1 N–H and O–H groups in total. The highest BCUT2D eigenvalue weighted by atomic mass is 35.5. The molecule has 0 spiro atoms. The van der Waals surface area contributed by atoms with Gasteiger partial charge in [-0.05, 0) is 30.3 Å². The third-order valence-electron chi connectivity index (χ3n) is 5.04. The van der Waals surface area contributed by atoms with E-state index < -0.39 is 4.92 Å². The summed E-state index contributed by atoms with van der Waals surface area (Å²) in [5.41, 5.74) is 1.38. The van der Waals surface area contributed by atoms with Crippen LogP contribution in [0.1, 0.15) is 6.42 Å². The lowest BCUT2D eigenvalue weighted by Crippen LogP contribution is -2.33. The third-order valence-corrected chi connectivity index (χ3v) is 5.29. The Morgan fingerprint density at radius 1 is 1.12 bits per heavy atom. The van der Waals surface area contributed by atoms with Crippen LogP contribution in [-0.2, 0) is 6.54 Å². The number of nitrogens with one attached hydrogen (secondary N) is 1. The van der Waals surface area contributed by atoms with Crippen LogP contribution >= 0.6 is 11.6 Å². The number of rotatable bonds is 9. The highest BCUT2D eigenvalue weighted by molar-refractivity contribution is 6.30. The molecule has 0 radical (unpaired) electrons. The Morgan fingerprint density at radius 2 is 1.88 bits per heavy atom. The molecule has 0 aliphatic heterocycles. The molecule has 9 heteroatoms. The number of nitrogens with zero attached hydrogens (tertiary/aromatic N) is 3. The highest BCUT2D eigenvalue weighted by Gasteiger charge is 2.21. The van der Waals surface area contributed by atoms with Gasteiger partial charge in [-0.2, -0.15) is 0 Å². The van der Waals surface area contributed by atoms with Gasteiger partial charge in [0.25, 0.3) is 0 Å². The number of aryl methyl sites for hydroxylation is 1. The van der Waals surface area contributed by atoms with Crippen molar-refractivity contribution >= 4 is 39.6 Å². The molecule has 0 aliphatic carbocycles. The SMILES string of the molecule is COc1cc2c(Nc3ccc(Cl)cc3)c([N+](=O)[O-])cnc2cc1OCCC[n+]1ccccc1. The molecule has 0 amide bonds. The second-order valence-corrected chi connectivity index (χ2v) is 7.68. The first-order valence-electron chi connectivity index (χ1n) is 10.3. The number of aromatic nitrogens is 2. The lowest BCUT2D eigenvalue weighted by Gasteiger charge is -2.14. The fourth-order valence-electron chi connectivity index (χ4n) is 3.42. The van der Waals surface area contributed by atoms with E-state index in [0.29, 0.717) is 45.4 Å². The van der Waals surface area contributed by atoms with Crippen molar-refractivity contribution < 1.29 is 19.0 Å². The van der Waals surface area contributed by atoms with E-state index in [4.69, 9.17) is 21.1 Å². The molecule has 0 unspecified atom stereocenters. The van der Waals surface area contributed by atoms with E-state index in [1.165, 1.54) is 13.3 Å². The second-order valence-electron chi connectivity index (χ2n) is 7.24. The molecular weight excluding hydrogens is 444 g/mol. The number of pyridine rings is 2. The van der Waals surface area contributed by atoms with E-state index in [2.05, 4.69) is 14.9 Å². The van der Waals surface area contributed by atoms with Crippen LogP contribution in [-0.4, -0.2) is 23.6 Å². The van der Waals surface area contributed by atoms with Gasteiger partial charge in [0.05, 0.1) is 24.2 Å². The Labute approximate surface area is 195 Å². The average Bonchev–Trinajstić information content (AvgIpc) is 2.83. The van der Waals surface area contributed by atoms with E-state index in [0.717, 1.165) is 13.0 Å². The van der Waals surface area contributed by atoms with Gasteiger partial charge < -0.3 is 14.8 Å². The normalized spacial score (nSPS) is 10.7. The molecule has 4 aromatic rings. The molecule has 2 heterocycles. The van der Waals surface area contributed by atoms with Gasteiger partial charge in [0.2, 0.25) is 0 Å². The van der Waals surface area contributed by atoms with Crippen LogP contribution < -0.4 is 19.4 Å². The standard InChI is InChI=1S/C24H22ClN4O4/c1-32-22-14-19-20(15-23(22)33-13-5-12-28-10-3-2-4-11-28)26-16-21(29(30)31)24(19)27-18-8-6-17(25)7-9-18/h2-4,6-11,14-16H,5,12-13H2,1H3,(H,26,27)/q+1. The van der Waals surface area contributed by atoms with Crippen LogP contribution in [0.5, 0.6) is 11.5 Å². The lowest BCUT2D eigenvalue weighted by atomic mass is 10.1. The van der Waals surface area contributed by atoms with Crippen LogP contribution in [0, 0.1) is 10.1 Å². The summed E-state index contributed by atoms with van der Waals surface area (Å²) >= 11 is 5.96. The van der Waals surface area contributed by atoms with Gasteiger partial charge >= 0.3 is 5.69 Å². The van der Waals surface area contributed by atoms with E-state index >= 15 is 0 Å². The van der Waals surface area contributed by atoms with Crippen molar-refractivity contribution in [3.8, 4) is 11.5 Å². The van der Waals surface area contributed by atoms with E-state index in [1.54, 1.807) is 36.4 Å². The molecule has 8 nitrogen and oxygen atoms in total. The van der Waals surface area contributed by atoms with Crippen molar-refractivity contribution in [3.63, 3.8) is 0 Å². The van der Waals surface area contributed by atoms with Gasteiger partial charge in [-0.15, -0.1) is 0 Å². The van der Waals surface area contributed by atoms with E-state index in [1.807, 2.05) is 30.6 Å². The number of hydrogen-bond donors (Lipinski definition) is 1. The largest absolute Gasteiger partial charge is 0.493 e. The topological polar surface area (TPSA) is 90.4 Å². The molecule has 0 saturated carbocycles. The van der Waals surface area contributed by atoms with Gasteiger partial charge in [0.15, 0.2) is 30.4 Å². The Morgan fingerprint density at radius 3 is 2.58 bits per heavy atom. The van der Waals surface area contributed by atoms with Gasteiger partial charge in [0, 0.05) is 40.7 Å². The summed E-state index contributed by atoms with van der Waals surface area (Å²) in [5, 5.41) is 15.9. The monoisotopic (exact) mass is 465 g/mol. The van der Waals surface area contributed by atoms with Crippen molar-refractivity contribution in [2.24, 2.45) is 0 Å². The zero-order chi connectivity index (χ0) is 23.2. The maximum Gasteiger partial charge on any atom is 0.311 e. The maximum absolute atomic E-state index is 11.7. The molecule has 0 atom stereocenters. The van der Waals surface area contributed by atoms with Crippen molar-refractivity contribution in [2.75, 3.05) is 19.0 Å². The summed E-state index contributed by atoms with van der Waals surface area (Å²) in [6.45, 7) is 1.29. The average molecular weight is 466 g/mol. The van der Waals surface area contributed by atoms with E-state index in [-0.39, 0.29) is 5.69 Å². The second kappa shape index (κ2) is 10.1. The minimum atomic E-state index is -0.469. The summed E-state index contributed by atoms with van der Waals surface area (Å²) in [6.07, 6.45) is 6.04. The molecule has 33 heavy (non-hydrogen) atoms. The summed E-state index contributed by atoms with van der Waals surface area (Å²) < 4.78 is 13.6. The molecule has 168 valence electrons.